The van der Waals surface area contributed by atoms with Gasteiger partial charge >= 0.3 is 5.97 Å². The summed E-state index contributed by atoms with van der Waals surface area (Å²) in [5.74, 6) is -1.18. The van der Waals surface area contributed by atoms with Crippen LogP contribution in [-0.2, 0) is 9.59 Å². The Labute approximate surface area is 84.7 Å². The second kappa shape index (κ2) is 4.98. The van der Waals surface area contributed by atoms with E-state index in [2.05, 4.69) is 5.32 Å². The molecule has 1 amide bonds. The smallest absolute Gasteiger partial charge is 0.326 e. The molecule has 0 aliphatic carbocycles. The van der Waals surface area contributed by atoms with Gasteiger partial charge in [-0.1, -0.05) is 27.7 Å². The Morgan fingerprint density at radius 1 is 1.36 bits per heavy atom. The molecule has 0 fully saturated rings. The van der Waals surface area contributed by atoms with E-state index in [1.807, 2.05) is 6.92 Å². The quantitative estimate of drug-likeness (QED) is 0.706. The highest BCUT2D eigenvalue weighted by Crippen LogP contribution is 2.19. The number of carboxylic acids is 1. The van der Waals surface area contributed by atoms with Crippen LogP contribution in [-0.4, -0.2) is 23.0 Å². The molecule has 4 heteroatoms. The predicted molar refractivity (Wildman–Crippen MR) is 53.9 cm³/mol. The van der Waals surface area contributed by atoms with Crippen molar-refractivity contribution in [2.45, 2.75) is 46.6 Å². The van der Waals surface area contributed by atoms with E-state index >= 15 is 0 Å². The third kappa shape index (κ3) is 3.36. The Bertz CT molecular complexity index is 223. The zero-order chi connectivity index (χ0) is 11.4. The molecule has 0 unspecified atom stereocenters. The van der Waals surface area contributed by atoms with Crippen LogP contribution in [0.2, 0.25) is 0 Å². The average molecular weight is 201 g/mol. The Morgan fingerprint density at radius 2 is 1.86 bits per heavy atom. The van der Waals surface area contributed by atoms with E-state index in [0.717, 1.165) is 0 Å². The molecule has 4 nitrogen and oxygen atoms in total. The van der Waals surface area contributed by atoms with Gasteiger partial charge in [0.15, 0.2) is 0 Å². The van der Waals surface area contributed by atoms with E-state index in [0.29, 0.717) is 12.8 Å². The molecule has 0 bridgehead atoms. The fourth-order valence-corrected chi connectivity index (χ4v) is 0.853. The van der Waals surface area contributed by atoms with Crippen molar-refractivity contribution in [3.05, 3.63) is 0 Å². The topological polar surface area (TPSA) is 66.4 Å². The summed E-state index contributed by atoms with van der Waals surface area (Å²) in [7, 11) is 0. The maximum Gasteiger partial charge on any atom is 0.326 e. The highest BCUT2D eigenvalue weighted by Gasteiger charge is 2.28. The predicted octanol–water partition coefficient (Wildman–Crippen LogP) is 1.40. The van der Waals surface area contributed by atoms with E-state index in [-0.39, 0.29) is 5.91 Å². The van der Waals surface area contributed by atoms with Crippen molar-refractivity contribution >= 4 is 11.9 Å². The van der Waals surface area contributed by atoms with Crippen LogP contribution in [0.4, 0.5) is 0 Å². The molecule has 0 heterocycles. The standard InChI is InChI=1S/C10H19NO3/c1-5-7(8(12)13)11-9(14)10(3,4)6-2/h7H,5-6H2,1-4H3,(H,11,14)(H,12,13)/t7-/m0/s1. The van der Waals surface area contributed by atoms with Gasteiger partial charge in [0.2, 0.25) is 5.91 Å². The van der Waals surface area contributed by atoms with E-state index in [4.69, 9.17) is 5.11 Å². The molecule has 0 aromatic rings. The molecule has 14 heavy (non-hydrogen) atoms. The van der Waals surface area contributed by atoms with E-state index < -0.39 is 17.4 Å². The summed E-state index contributed by atoms with van der Waals surface area (Å²) < 4.78 is 0. The molecule has 0 aliphatic heterocycles. The van der Waals surface area contributed by atoms with Crippen LogP contribution in [0.15, 0.2) is 0 Å². The van der Waals surface area contributed by atoms with Gasteiger partial charge in [0, 0.05) is 5.41 Å². The first kappa shape index (κ1) is 12.9. The first-order valence-electron chi connectivity index (χ1n) is 4.89. The second-order valence-electron chi connectivity index (χ2n) is 4.01. The molecule has 0 aromatic carbocycles. The number of amides is 1. The minimum Gasteiger partial charge on any atom is -0.480 e. The third-order valence-corrected chi connectivity index (χ3v) is 2.51. The Kier molecular flexibility index (Phi) is 4.60. The molecule has 0 aliphatic rings. The molecule has 0 radical (unpaired) electrons. The summed E-state index contributed by atoms with van der Waals surface area (Å²) >= 11 is 0. The van der Waals surface area contributed by atoms with Crippen LogP contribution < -0.4 is 5.32 Å². The normalized spacial score (nSPS) is 13.4. The summed E-state index contributed by atoms with van der Waals surface area (Å²) in [5, 5.41) is 11.3. The van der Waals surface area contributed by atoms with Gasteiger partial charge in [0.05, 0.1) is 0 Å². The minimum atomic E-state index is -0.979. The van der Waals surface area contributed by atoms with Crippen molar-refractivity contribution in [3.63, 3.8) is 0 Å². The van der Waals surface area contributed by atoms with Gasteiger partial charge in [-0.2, -0.15) is 0 Å². The number of hydrogen-bond acceptors (Lipinski definition) is 2. The summed E-state index contributed by atoms with van der Waals surface area (Å²) in [6.07, 6.45) is 1.09. The highest BCUT2D eigenvalue weighted by molar-refractivity contribution is 5.86. The van der Waals surface area contributed by atoms with Crippen LogP contribution in [0.5, 0.6) is 0 Å². The maximum absolute atomic E-state index is 11.6. The Morgan fingerprint density at radius 3 is 2.14 bits per heavy atom. The molecule has 0 saturated carbocycles. The SMILES string of the molecule is CC[C@H](NC(=O)C(C)(C)CC)C(=O)O. The van der Waals surface area contributed by atoms with Gasteiger partial charge in [-0.15, -0.1) is 0 Å². The summed E-state index contributed by atoms with van der Waals surface area (Å²) in [6.45, 7) is 7.24. The number of carbonyl (C=O) groups excluding carboxylic acids is 1. The number of aliphatic carboxylic acids is 1. The monoisotopic (exact) mass is 201 g/mol. The maximum atomic E-state index is 11.6. The fraction of sp³-hybridized carbons (Fsp3) is 0.800. The van der Waals surface area contributed by atoms with Crippen molar-refractivity contribution in [3.8, 4) is 0 Å². The first-order valence-corrected chi connectivity index (χ1v) is 4.89. The van der Waals surface area contributed by atoms with Crippen molar-refractivity contribution in [2.75, 3.05) is 0 Å². The highest BCUT2D eigenvalue weighted by atomic mass is 16.4. The van der Waals surface area contributed by atoms with E-state index in [1.165, 1.54) is 0 Å². The van der Waals surface area contributed by atoms with Gasteiger partial charge in [-0.3, -0.25) is 4.79 Å². The molecule has 0 aromatic heterocycles. The Hall–Kier alpha value is -1.06. The van der Waals surface area contributed by atoms with Crippen molar-refractivity contribution in [1.29, 1.82) is 0 Å². The molecule has 0 saturated heterocycles. The van der Waals surface area contributed by atoms with Crippen molar-refractivity contribution < 1.29 is 14.7 Å². The average Bonchev–Trinajstić information content (AvgIpc) is 2.12. The zero-order valence-corrected chi connectivity index (χ0v) is 9.26. The number of carboxylic acid groups (broad SMARTS) is 1. The largest absolute Gasteiger partial charge is 0.480 e. The first-order chi connectivity index (χ1) is 6.35. The molecular formula is C10H19NO3. The molecular weight excluding hydrogens is 182 g/mol. The van der Waals surface area contributed by atoms with Crippen LogP contribution in [0.25, 0.3) is 0 Å². The number of rotatable bonds is 5. The van der Waals surface area contributed by atoms with Crippen LogP contribution in [0, 0.1) is 5.41 Å². The lowest BCUT2D eigenvalue weighted by Crippen LogP contribution is -2.46. The molecule has 0 spiro atoms. The van der Waals surface area contributed by atoms with Gasteiger partial charge in [-0.25, -0.2) is 4.79 Å². The van der Waals surface area contributed by atoms with Crippen molar-refractivity contribution in [1.82, 2.24) is 5.32 Å². The molecule has 82 valence electrons. The van der Waals surface area contributed by atoms with E-state index in [1.54, 1.807) is 20.8 Å². The number of carbonyl (C=O) groups is 2. The lowest BCUT2D eigenvalue weighted by Gasteiger charge is -2.23. The third-order valence-electron chi connectivity index (χ3n) is 2.51. The molecule has 2 N–H and O–H groups in total. The van der Waals surface area contributed by atoms with Crippen LogP contribution in [0.1, 0.15) is 40.5 Å². The van der Waals surface area contributed by atoms with Gasteiger partial charge < -0.3 is 10.4 Å². The van der Waals surface area contributed by atoms with Crippen molar-refractivity contribution in [2.24, 2.45) is 5.41 Å². The zero-order valence-electron chi connectivity index (χ0n) is 9.26. The summed E-state index contributed by atoms with van der Waals surface area (Å²) in [6, 6.07) is -0.770. The lowest BCUT2D eigenvalue weighted by atomic mass is 9.89. The number of hydrogen-bond donors (Lipinski definition) is 2. The molecule has 1 atom stereocenters. The fourth-order valence-electron chi connectivity index (χ4n) is 0.853. The van der Waals surface area contributed by atoms with Crippen LogP contribution >= 0.6 is 0 Å². The molecule has 0 rings (SSSR count). The van der Waals surface area contributed by atoms with Gasteiger partial charge in [0.25, 0.3) is 0 Å². The summed E-state index contributed by atoms with van der Waals surface area (Å²) in [5.41, 5.74) is -0.497. The second-order valence-corrected chi connectivity index (χ2v) is 4.01. The van der Waals surface area contributed by atoms with Crippen LogP contribution in [0.3, 0.4) is 0 Å². The summed E-state index contributed by atoms with van der Waals surface area (Å²) in [4.78, 5) is 22.3. The van der Waals surface area contributed by atoms with Gasteiger partial charge in [-0.05, 0) is 12.8 Å². The van der Waals surface area contributed by atoms with E-state index in [9.17, 15) is 9.59 Å². The Balaban J connectivity index is 4.37. The van der Waals surface area contributed by atoms with Gasteiger partial charge in [0.1, 0.15) is 6.04 Å². The lowest BCUT2D eigenvalue weighted by molar-refractivity contribution is -0.143. The number of nitrogens with one attached hydrogen (secondary N) is 1. The minimum absolute atomic E-state index is 0.200.